The summed E-state index contributed by atoms with van der Waals surface area (Å²) in [5, 5.41) is 3.61. The number of nitrogens with zero attached hydrogens (tertiary/aromatic N) is 2. The first-order valence-corrected chi connectivity index (χ1v) is 6.73. The summed E-state index contributed by atoms with van der Waals surface area (Å²) in [5.74, 6) is 0. The molecule has 1 aliphatic heterocycles. The van der Waals surface area contributed by atoms with Crippen molar-refractivity contribution in [2.24, 2.45) is 0 Å². The lowest BCUT2D eigenvalue weighted by atomic mass is 10.1. The van der Waals surface area contributed by atoms with Gasteiger partial charge in [0.15, 0.2) is 0 Å². The van der Waals surface area contributed by atoms with Gasteiger partial charge >= 0.3 is 0 Å². The predicted octanol–water partition coefficient (Wildman–Crippen LogP) is 1.70. The number of rotatable bonds is 4. The fourth-order valence-corrected chi connectivity index (χ4v) is 2.38. The first-order chi connectivity index (χ1) is 8.38. The number of hydrogen-bond donors (Lipinski definition) is 1. The molecule has 0 saturated carbocycles. The van der Waals surface area contributed by atoms with E-state index in [0.29, 0.717) is 0 Å². The standard InChI is InChI=1S/C14H23N3/c1-2-14-6-10-17(11-8-16-14)9-5-13-4-3-7-15-12-13/h3-4,7,12,14,16H,2,5-6,8-11H2,1H3. The zero-order valence-corrected chi connectivity index (χ0v) is 10.7. The highest BCUT2D eigenvalue weighted by atomic mass is 15.2. The molecule has 0 amide bonds. The molecular formula is C14H23N3. The maximum Gasteiger partial charge on any atom is 0.0300 e. The summed E-state index contributed by atoms with van der Waals surface area (Å²) in [5.41, 5.74) is 1.34. The van der Waals surface area contributed by atoms with Crippen LogP contribution < -0.4 is 5.32 Å². The number of nitrogens with one attached hydrogen (secondary N) is 1. The molecule has 1 atom stereocenters. The number of pyridine rings is 1. The van der Waals surface area contributed by atoms with Crippen LogP contribution in [-0.2, 0) is 6.42 Å². The first kappa shape index (κ1) is 12.5. The molecule has 1 saturated heterocycles. The Morgan fingerprint density at radius 1 is 1.47 bits per heavy atom. The molecule has 94 valence electrons. The molecule has 0 aliphatic carbocycles. The van der Waals surface area contributed by atoms with E-state index in [1.807, 2.05) is 18.5 Å². The van der Waals surface area contributed by atoms with Gasteiger partial charge in [0.25, 0.3) is 0 Å². The molecule has 1 aliphatic rings. The van der Waals surface area contributed by atoms with Gasteiger partial charge in [-0.1, -0.05) is 13.0 Å². The van der Waals surface area contributed by atoms with E-state index in [4.69, 9.17) is 0 Å². The lowest BCUT2D eigenvalue weighted by molar-refractivity contribution is 0.293. The highest BCUT2D eigenvalue weighted by Crippen LogP contribution is 2.06. The summed E-state index contributed by atoms with van der Waals surface area (Å²) < 4.78 is 0. The zero-order chi connectivity index (χ0) is 11.9. The third kappa shape index (κ3) is 4.10. The van der Waals surface area contributed by atoms with Gasteiger partial charge in [0.05, 0.1) is 0 Å². The Labute approximate surface area is 104 Å². The van der Waals surface area contributed by atoms with Crippen LogP contribution in [0.25, 0.3) is 0 Å². The van der Waals surface area contributed by atoms with Crippen LogP contribution in [0.15, 0.2) is 24.5 Å². The van der Waals surface area contributed by atoms with E-state index in [-0.39, 0.29) is 0 Å². The molecule has 1 N–H and O–H groups in total. The van der Waals surface area contributed by atoms with Crippen LogP contribution in [0.4, 0.5) is 0 Å². The van der Waals surface area contributed by atoms with Gasteiger partial charge in [0.1, 0.15) is 0 Å². The minimum Gasteiger partial charge on any atom is -0.313 e. The Hall–Kier alpha value is -0.930. The van der Waals surface area contributed by atoms with Crippen LogP contribution >= 0.6 is 0 Å². The van der Waals surface area contributed by atoms with E-state index in [1.165, 1.54) is 31.5 Å². The number of aromatic nitrogens is 1. The monoisotopic (exact) mass is 233 g/mol. The van der Waals surface area contributed by atoms with Gasteiger partial charge in [0, 0.05) is 38.1 Å². The molecule has 1 unspecified atom stereocenters. The van der Waals surface area contributed by atoms with Gasteiger partial charge in [0.2, 0.25) is 0 Å². The second-order valence-corrected chi connectivity index (χ2v) is 4.80. The summed E-state index contributed by atoms with van der Waals surface area (Å²) in [6, 6.07) is 4.91. The number of hydrogen-bond acceptors (Lipinski definition) is 3. The first-order valence-electron chi connectivity index (χ1n) is 6.73. The van der Waals surface area contributed by atoms with Crippen molar-refractivity contribution < 1.29 is 0 Å². The van der Waals surface area contributed by atoms with Crippen molar-refractivity contribution in [2.45, 2.75) is 32.2 Å². The van der Waals surface area contributed by atoms with E-state index in [9.17, 15) is 0 Å². The molecule has 3 heteroatoms. The maximum atomic E-state index is 4.16. The summed E-state index contributed by atoms with van der Waals surface area (Å²) >= 11 is 0. The van der Waals surface area contributed by atoms with Crippen LogP contribution in [0.3, 0.4) is 0 Å². The van der Waals surface area contributed by atoms with Crippen molar-refractivity contribution in [3.63, 3.8) is 0 Å². The summed E-state index contributed by atoms with van der Waals surface area (Å²) in [4.78, 5) is 6.73. The average molecular weight is 233 g/mol. The Morgan fingerprint density at radius 3 is 3.18 bits per heavy atom. The third-order valence-electron chi connectivity index (χ3n) is 3.59. The van der Waals surface area contributed by atoms with E-state index in [0.717, 1.165) is 25.6 Å². The molecule has 0 radical (unpaired) electrons. The molecule has 0 bridgehead atoms. The van der Waals surface area contributed by atoms with Gasteiger partial charge in [-0.25, -0.2) is 0 Å². The second-order valence-electron chi connectivity index (χ2n) is 4.80. The molecule has 1 aromatic heterocycles. The normalized spacial score (nSPS) is 22.3. The van der Waals surface area contributed by atoms with Gasteiger partial charge in [-0.2, -0.15) is 0 Å². The van der Waals surface area contributed by atoms with Crippen molar-refractivity contribution in [1.29, 1.82) is 0 Å². The Balaban J connectivity index is 1.76. The van der Waals surface area contributed by atoms with E-state index < -0.39 is 0 Å². The maximum absolute atomic E-state index is 4.16. The summed E-state index contributed by atoms with van der Waals surface area (Å²) in [6.07, 6.45) is 7.46. The molecule has 1 aromatic rings. The fraction of sp³-hybridized carbons (Fsp3) is 0.643. The molecule has 0 aromatic carbocycles. The predicted molar refractivity (Wildman–Crippen MR) is 71.1 cm³/mol. The van der Waals surface area contributed by atoms with Crippen LogP contribution in [0.1, 0.15) is 25.3 Å². The lowest BCUT2D eigenvalue weighted by Gasteiger charge is -2.19. The molecule has 3 nitrogen and oxygen atoms in total. The third-order valence-corrected chi connectivity index (χ3v) is 3.59. The molecule has 17 heavy (non-hydrogen) atoms. The Morgan fingerprint density at radius 2 is 2.41 bits per heavy atom. The SMILES string of the molecule is CCC1CCN(CCc2cccnc2)CCN1. The lowest BCUT2D eigenvalue weighted by Crippen LogP contribution is -2.31. The van der Waals surface area contributed by atoms with Crippen molar-refractivity contribution >= 4 is 0 Å². The molecule has 2 heterocycles. The van der Waals surface area contributed by atoms with Gasteiger partial charge < -0.3 is 10.2 Å². The van der Waals surface area contributed by atoms with Crippen LogP contribution in [0.2, 0.25) is 0 Å². The second kappa shape index (κ2) is 6.72. The van der Waals surface area contributed by atoms with Gasteiger partial charge in [-0.3, -0.25) is 4.98 Å². The van der Waals surface area contributed by atoms with Crippen molar-refractivity contribution in [1.82, 2.24) is 15.2 Å². The smallest absolute Gasteiger partial charge is 0.0300 e. The minimum absolute atomic E-state index is 0.721. The topological polar surface area (TPSA) is 28.2 Å². The van der Waals surface area contributed by atoms with Crippen LogP contribution in [-0.4, -0.2) is 42.1 Å². The molecule has 1 fully saturated rings. The summed E-state index contributed by atoms with van der Waals surface area (Å²) in [6.45, 7) is 6.96. The largest absolute Gasteiger partial charge is 0.313 e. The van der Waals surface area contributed by atoms with E-state index >= 15 is 0 Å². The summed E-state index contributed by atoms with van der Waals surface area (Å²) in [7, 11) is 0. The van der Waals surface area contributed by atoms with Crippen molar-refractivity contribution in [3.05, 3.63) is 30.1 Å². The minimum atomic E-state index is 0.721. The average Bonchev–Trinajstić information content (AvgIpc) is 2.62. The van der Waals surface area contributed by atoms with E-state index in [1.54, 1.807) is 0 Å². The van der Waals surface area contributed by atoms with E-state index in [2.05, 4.69) is 28.2 Å². The quantitative estimate of drug-likeness (QED) is 0.858. The van der Waals surface area contributed by atoms with Crippen molar-refractivity contribution in [2.75, 3.05) is 26.2 Å². The van der Waals surface area contributed by atoms with Gasteiger partial charge in [-0.15, -0.1) is 0 Å². The fourth-order valence-electron chi connectivity index (χ4n) is 2.38. The van der Waals surface area contributed by atoms with Crippen LogP contribution in [0, 0.1) is 0 Å². The van der Waals surface area contributed by atoms with Crippen LogP contribution in [0.5, 0.6) is 0 Å². The highest BCUT2D eigenvalue weighted by molar-refractivity contribution is 5.08. The molecular weight excluding hydrogens is 210 g/mol. The molecule has 2 rings (SSSR count). The Kier molecular flexibility index (Phi) is 4.95. The van der Waals surface area contributed by atoms with Gasteiger partial charge in [-0.05, 0) is 37.4 Å². The Bertz CT molecular complexity index is 313. The zero-order valence-electron chi connectivity index (χ0n) is 10.7. The van der Waals surface area contributed by atoms with Crippen molar-refractivity contribution in [3.8, 4) is 0 Å². The highest BCUT2D eigenvalue weighted by Gasteiger charge is 2.14. The molecule has 0 spiro atoms.